The van der Waals surface area contributed by atoms with E-state index in [1.807, 2.05) is 12.1 Å². The molecule has 1 aromatic carbocycles. The Kier molecular flexibility index (Phi) is 7.36. The number of ether oxygens (including phenoxy) is 2. The van der Waals surface area contributed by atoms with E-state index in [0.717, 1.165) is 31.6 Å². The summed E-state index contributed by atoms with van der Waals surface area (Å²) in [6, 6.07) is 8.35. The van der Waals surface area contributed by atoms with Gasteiger partial charge in [0.15, 0.2) is 5.96 Å². The molecule has 0 bridgehead atoms. The molecule has 2 rings (SSSR count). The quantitative estimate of drug-likeness (QED) is 0.439. The molecule has 23 heavy (non-hydrogen) atoms. The molecule has 1 aliphatic rings. The van der Waals surface area contributed by atoms with Gasteiger partial charge < -0.3 is 20.5 Å². The first-order valence-electron chi connectivity index (χ1n) is 8.55. The lowest BCUT2D eigenvalue weighted by Crippen LogP contribution is -2.23. The molecule has 5 heteroatoms. The van der Waals surface area contributed by atoms with Gasteiger partial charge >= 0.3 is 0 Å². The summed E-state index contributed by atoms with van der Waals surface area (Å²) >= 11 is 0. The van der Waals surface area contributed by atoms with E-state index < -0.39 is 0 Å². The van der Waals surface area contributed by atoms with Crippen molar-refractivity contribution in [2.75, 3.05) is 31.7 Å². The van der Waals surface area contributed by atoms with Crippen molar-refractivity contribution in [3.63, 3.8) is 0 Å². The lowest BCUT2D eigenvalue weighted by atomic mass is 9.99. The van der Waals surface area contributed by atoms with Crippen molar-refractivity contribution in [3.05, 3.63) is 29.8 Å². The zero-order chi connectivity index (χ0) is 16.5. The lowest BCUT2D eigenvalue weighted by Gasteiger charge is -2.11. The molecule has 2 unspecified atom stereocenters. The van der Waals surface area contributed by atoms with Gasteiger partial charge in [-0.15, -0.1) is 0 Å². The van der Waals surface area contributed by atoms with Crippen LogP contribution in [0.4, 0.5) is 5.69 Å². The maximum absolute atomic E-state index is 5.89. The van der Waals surface area contributed by atoms with Gasteiger partial charge in [-0.05, 0) is 42.9 Å². The van der Waals surface area contributed by atoms with Gasteiger partial charge in [-0.25, -0.2) is 0 Å². The second-order valence-electron chi connectivity index (χ2n) is 6.03. The summed E-state index contributed by atoms with van der Waals surface area (Å²) in [5.74, 6) is 0.998. The van der Waals surface area contributed by atoms with E-state index in [9.17, 15) is 0 Å². The Morgan fingerprint density at radius 2 is 2.22 bits per heavy atom. The molecule has 0 saturated carbocycles. The van der Waals surface area contributed by atoms with Crippen LogP contribution in [0.5, 0.6) is 0 Å². The summed E-state index contributed by atoms with van der Waals surface area (Å²) in [4.78, 5) is 4.27. The fraction of sp³-hybridized carbons (Fsp3) is 0.611. The van der Waals surface area contributed by atoms with Crippen LogP contribution in [0.15, 0.2) is 29.3 Å². The van der Waals surface area contributed by atoms with Crippen LogP contribution >= 0.6 is 0 Å². The van der Waals surface area contributed by atoms with E-state index in [2.05, 4.69) is 36.3 Å². The summed E-state index contributed by atoms with van der Waals surface area (Å²) < 4.78 is 11.1. The van der Waals surface area contributed by atoms with Gasteiger partial charge in [0.05, 0.1) is 25.9 Å². The van der Waals surface area contributed by atoms with Gasteiger partial charge in [0, 0.05) is 12.3 Å². The van der Waals surface area contributed by atoms with Crippen LogP contribution in [0.1, 0.15) is 44.6 Å². The van der Waals surface area contributed by atoms with Crippen LogP contribution < -0.4 is 11.1 Å². The van der Waals surface area contributed by atoms with E-state index in [1.165, 1.54) is 5.56 Å². The number of aliphatic imine (C=N–C) groups is 1. The molecule has 128 valence electrons. The highest BCUT2D eigenvalue weighted by Gasteiger charge is 2.14. The summed E-state index contributed by atoms with van der Waals surface area (Å²) in [6.07, 6.45) is 3.64. The van der Waals surface area contributed by atoms with Crippen molar-refractivity contribution in [2.24, 2.45) is 10.7 Å². The highest BCUT2D eigenvalue weighted by Crippen LogP contribution is 2.20. The average Bonchev–Trinajstić information content (AvgIpc) is 3.08. The summed E-state index contributed by atoms with van der Waals surface area (Å²) in [6.45, 7) is 7.06. The molecule has 0 aliphatic carbocycles. The first-order valence-corrected chi connectivity index (χ1v) is 8.55. The molecule has 5 nitrogen and oxygen atoms in total. The van der Waals surface area contributed by atoms with Crippen LogP contribution in [0.2, 0.25) is 0 Å². The van der Waals surface area contributed by atoms with E-state index >= 15 is 0 Å². The number of anilines is 1. The molecule has 2 atom stereocenters. The number of nitrogens with zero attached hydrogens (tertiary/aromatic N) is 1. The average molecular weight is 319 g/mol. The minimum Gasteiger partial charge on any atom is -0.377 e. The zero-order valence-corrected chi connectivity index (χ0v) is 14.3. The number of hydrogen-bond donors (Lipinski definition) is 2. The molecule has 0 amide bonds. The number of hydrogen-bond acceptors (Lipinski definition) is 3. The van der Waals surface area contributed by atoms with Gasteiger partial charge in [0.25, 0.3) is 0 Å². The van der Waals surface area contributed by atoms with Gasteiger partial charge in [0.2, 0.25) is 0 Å². The van der Waals surface area contributed by atoms with E-state index in [0.29, 0.717) is 31.6 Å². The molecule has 1 aromatic rings. The number of guanidine groups is 1. The van der Waals surface area contributed by atoms with E-state index in [-0.39, 0.29) is 6.10 Å². The first-order chi connectivity index (χ1) is 11.2. The molecule has 0 radical (unpaired) electrons. The lowest BCUT2D eigenvalue weighted by molar-refractivity contribution is 0.0200. The fourth-order valence-electron chi connectivity index (χ4n) is 2.54. The SMILES string of the molecule is CCC(C)c1ccc(NC(N)=NCCOCC2CCCO2)cc1. The highest BCUT2D eigenvalue weighted by molar-refractivity contribution is 5.92. The van der Waals surface area contributed by atoms with E-state index in [4.69, 9.17) is 15.2 Å². The molecule has 1 fully saturated rings. The maximum atomic E-state index is 5.89. The van der Waals surface area contributed by atoms with Crippen molar-refractivity contribution in [1.29, 1.82) is 0 Å². The van der Waals surface area contributed by atoms with Gasteiger partial charge in [-0.2, -0.15) is 0 Å². The normalized spacial score (nSPS) is 19.7. The Bertz CT molecular complexity index is 482. The molecule has 1 saturated heterocycles. The molecule has 0 aromatic heterocycles. The van der Waals surface area contributed by atoms with Crippen LogP contribution in [0.3, 0.4) is 0 Å². The predicted molar refractivity (Wildman–Crippen MR) is 95.1 cm³/mol. The summed E-state index contributed by atoms with van der Waals surface area (Å²) in [5, 5.41) is 3.11. The zero-order valence-electron chi connectivity index (χ0n) is 14.3. The van der Waals surface area contributed by atoms with Crippen molar-refractivity contribution in [3.8, 4) is 0 Å². The Balaban J connectivity index is 1.67. The van der Waals surface area contributed by atoms with Crippen molar-refractivity contribution >= 4 is 11.6 Å². The Morgan fingerprint density at radius 1 is 1.43 bits per heavy atom. The third kappa shape index (κ3) is 6.20. The van der Waals surface area contributed by atoms with Gasteiger partial charge in [-0.3, -0.25) is 4.99 Å². The Labute approximate surface area is 139 Å². The first kappa shape index (κ1) is 17.8. The van der Waals surface area contributed by atoms with Crippen molar-refractivity contribution in [1.82, 2.24) is 0 Å². The number of benzene rings is 1. The van der Waals surface area contributed by atoms with Crippen molar-refractivity contribution < 1.29 is 9.47 Å². The smallest absolute Gasteiger partial charge is 0.193 e. The predicted octanol–water partition coefficient (Wildman–Crippen LogP) is 3.12. The molecule has 0 spiro atoms. The Morgan fingerprint density at radius 3 is 2.87 bits per heavy atom. The number of rotatable bonds is 8. The van der Waals surface area contributed by atoms with Crippen LogP contribution in [0.25, 0.3) is 0 Å². The third-order valence-electron chi connectivity index (χ3n) is 4.21. The maximum Gasteiger partial charge on any atom is 0.193 e. The largest absolute Gasteiger partial charge is 0.377 e. The molecule has 1 heterocycles. The van der Waals surface area contributed by atoms with Gasteiger partial charge in [0.1, 0.15) is 0 Å². The van der Waals surface area contributed by atoms with E-state index in [1.54, 1.807) is 0 Å². The standard InChI is InChI=1S/C18H29N3O2/c1-3-14(2)15-6-8-16(9-7-15)21-18(19)20-10-12-22-13-17-5-4-11-23-17/h6-9,14,17H,3-5,10-13H2,1-2H3,(H3,19,20,21). The number of nitrogens with one attached hydrogen (secondary N) is 1. The molecule has 3 N–H and O–H groups in total. The summed E-state index contributed by atoms with van der Waals surface area (Å²) in [7, 11) is 0. The minimum atomic E-state index is 0.262. The molecular weight excluding hydrogens is 290 g/mol. The molecule has 1 aliphatic heterocycles. The Hall–Kier alpha value is -1.59. The summed E-state index contributed by atoms with van der Waals surface area (Å²) in [5.41, 5.74) is 8.19. The van der Waals surface area contributed by atoms with Gasteiger partial charge in [-0.1, -0.05) is 26.0 Å². The van der Waals surface area contributed by atoms with Crippen LogP contribution in [-0.2, 0) is 9.47 Å². The monoisotopic (exact) mass is 319 g/mol. The van der Waals surface area contributed by atoms with Crippen LogP contribution in [0, 0.1) is 0 Å². The van der Waals surface area contributed by atoms with Crippen LogP contribution in [-0.4, -0.2) is 38.4 Å². The minimum absolute atomic E-state index is 0.262. The number of nitrogens with two attached hydrogens (primary N) is 1. The second kappa shape index (κ2) is 9.53. The third-order valence-corrected chi connectivity index (χ3v) is 4.21. The molecular formula is C18H29N3O2. The second-order valence-corrected chi connectivity index (χ2v) is 6.03. The van der Waals surface area contributed by atoms with Crippen molar-refractivity contribution in [2.45, 2.75) is 45.1 Å². The fourth-order valence-corrected chi connectivity index (χ4v) is 2.54. The highest BCUT2D eigenvalue weighted by atomic mass is 16.5. The topological polar surface area (TPSA) is 68.9 Å².